The summed E-state index contributed by atoms with van der Waals surface area (Å²) in [5, 5.41) is 20.0. The van der Waals surface area contributed by atoms with Crippen LogP contribution in [0.3, 0.4) is 0 Å². The van der Waals surface area contributed by atoms with Crippen molar-refractivity contribution in [2.45, 2.75) is 33.2 Å². The topological polar surface area (TPSA) is 71.4 Å². The molecule has 2 aromatic carbocycles. The van der Waals surface area contributed by atoms with E-state index >= 15 is 4.39 Å². The fraction of sp³-hybridized carbons (Fsp3) is 0.250. The Morgan fingerprint density at radius 3 is 2.74 bits per heavy atom. The minimum Gasteiger partial charge on any atom is -0.369 e. The molecule has 4 aromatic rings. The Labute approximate surface area is 155 Å². The van der Waals surface area contributed by atoms with Gasteiger partial charge in [0.05, 0.1) is 28.6 Å². The third kappa shape index (κ3) is 2.08. The van der Waals surface area contributed by atoms with E-state index in [4.69, 9.17) is 0 Å². The number of halogens is 1. The standard InChI is InChI=1S/C20H19FN6/c1-10-13(12-6-5-7-16-14(12)9-22-25-16)8-15(21)17-18(10)27-11(2)24-26-19(27)20(3,4)23-17/h5-9,23H,1-4H3,(H,22,25). The average molecular weight is 362 g/mol. The summed E-state index contributed by atoms with van der Waals surface area (Å²) in [6.45, 7) is 7.85. The second-order valence-electron chi connectivity index (χ2n) is 7.55. The molecule has 0 spiro atoms. The zero-order valence-electron chi connectivity index (χ0n) is 15.6. The lowest BCUT2D eigenvalue weighted by atomic mass is 9.92. The SMILES string of the molecule is Cc1c(-c2cccc3[nH]ncc23)cc(F)c2c1-n1c(C)nnc1C(C)(C)N2. The van der Waals surface area contributed by atoms with Crippen molar-refractivity contribution < 1.29 is 4.39 Å². The Kier molecular flexibility index (Phi) is 3.05. The van der Waals surface area contributed by atoms with Gasteiger partial charge in [-0.1, -0.05) is 12.1 Å². The molecule has 0 saturated heterocycles. The van der Waals surface area contributed by atoms with Crippen molar-refractivity contribution in [3.05, 3.63) is 53.5 Å². The molecule has 0 saturated carbocycles. The largest absolute Gasteiger partial charge is 0.369 e. The molecule has 2 N–H and O–H groups in total. The van der Waals surface area contributed by atoms with E-state index in [2.05, 4.69) is 25.7 Å². The molecule has 6 nitrogen and oxygen atoms in total. The number of benzene rings is 2. The summed E-state index contributed by atoms with van der Waals surface area (Å²) in [7, 11) is 0. The molecule has 1 aliphatic rings. The third-order valence-corrected chi connectivity index (χ3v) is 5.33. The minimum atomic E-state index is -0.520. The Hall–Kier alpha value is -3.22. The molecule has 0 amide bonds. The normalized spacial score (nSPS) is 14.7. The number of aromatic nitrogens is 5. The summed E-state index contributed by atoms with van der Waals surface area (Å²) in [5.74, 6) is 1.22. The molecule has 0 fully saturated rings. The number of aromatic amines is 1. The summed E-state index contributed by atoms with van der Waals surface area (Å²) in [5.41, 5.74) is 4.39. The number of hydrogen-bond donors (Lipinski definition) is 2. The van der Waals surface area contributed by atoms with E-state index < -0.39 is 5.54 Å². The van der Waals surface area contributed by atoms with Gasteiger partial charge in [0, 0.05) is 5.39 Å². The lowest BCUT2D eigenvalue weighted by Gasteiger charge is -2.35. The van der Waals surface area contributed by atoms with Crippen molar-refractivity contribution in [2.75, 3.05) is 5.32 Å². The molecule has 27 heavy (non-hydrogen) atoms. The van der Waals surface area contributed by atoms with Crippen molar-refractivity contribution >= 4 is 16.6 Å². The van der Waals surface area contributed by atoms with Gasteiger partial charge in [-0.2, -0.15) is 5.10 Å². The molecule has 0 aliphatic carbocycles. The number of nitrogens with one attached hydrogen (secondary N) is 2. The van der Waals surface area contributed by atoms with Crippen LogP contribution in [0.4, 0.5) is 10.1 Å². The summed E-state index contributed by atoms with van der Waals surface area (Å²) in [6, 6.07) is 7.50. The van der Waals surface area contributed by atoms with E-state index in [9.17, 15) is 0 Å². The summed E-state index contributed by atoms with van der Waals surface area (Å²) in [4.78, 5) is 0. The van der Waals surface area contributed by atoms with Crippen molar-refractivity contribution in [1.82, 2.24) is 25.0 Å². The van der Waals surface area contributed by atoms with Crippen LogP contribution in [0.25, 0.3) is 27.7 Å². The van der Waals surface area contributed by atoms with Crippen LogP contribution in [0.1, 0.15) is 31.1 Å². The lowest BCUT2D eigenvalue weighted by Crippen LogP contribution is -2.37. The van der Waals surface area contributed by atoms with Gasteiger partial charge in [0.1, 0.15) is 11.6 Å². The number of hydrogen-bond acceptors (Lipinski definition) is 4. The molecule has 0 atom stereocenters. The van der Waals surface area contributed by atoms with E-state index in [1.165, 1.54) is 0 Å². The quantitative estimate of drug-likeness (QED) is 0.532. The summed E-state index contributed by atoms with van der Waals surface area (Å²) in [6.07, 6.45) is 1.78. The highest BCUT2D eigenvalue weighted by Crippen LogP contribution is 2.43. The van der Waals surface area contributed by atoms with Gasteiger partial charge in [0.15, 0.2) is 5.82 Å². The number of nitrogens with zero attached hydrogens (tertiary/aromatic N) is 4. The number of H-pyrrole nitrogens is 1. The molecule has 5 rings (SSSR count). The molecule has 2 aromatic heterocycles. The fourth-order valence-electron chi connectivity index (χ4n) is 4.02. The first-order valence-corrected chi connectivity index (χ1v) is 8.85. The molecule has 136 valence electrons. The van der Waals surface area contributed by atoms with Crippen molar-refractivity contribution in [3.63, 3.8) is 0 Å². The van der Waals surface area contributed by atoms with Crippen LogP contribution in [-0.2, 0) is 5.54 Å². The highest BCUT2D eigenvalue weighted by Gasteiger charge is 2.37. The molecule has 7 heteroatoms. The molecular weight excluding hydrogens is 343 g/mol. The average Bonchev–Trinajstić information content (AvgIpc) is 3.25. The van der Waals surface area contributed by atoms with E-state index in [1.54, 1.807) is 12.3 Å². The first-order chi connectivity index (χ1) is 12.9. The second-order valence-corrected chi connectivity index (χ2v) is 7.55. The highest BCUT2D eigenvalue weighted by atomic mass is 19.1. The van der Waals surface area contributed by atoms with E-state index in [-0.39, 0.29) is 5.82 Å². The van der Waals surface area contributed by atoms with Gasteiger partial charge >= 0.3 is 0 Å². The van der Waals surface area contributed by atoms with Gasteiger partial charge in [-0.3, -0.25) is 9.67 Å². The third-order valence-electron chi connectivity index (χ3n) is 5.33. The van der Waals surface area contributed by atoms with Gasteiger partial charge in [-0.05, 0) is 56.5 Å². The highest BCUT2D eigenvalue weighted by molar-refractivity contribution is 5.96. The molecule has 1 aliphatic heterocycles. The van der Waals surface area contributed by atoms with E-state index in [0.29, 0.717) is 5.69 Å². The number of fused-ring (bicyclic) bond motifs is 4. The summed E-state index contributed by atoms with van der Waals surface area (Å²) < 4.78 is 17.2. The molecule has 3 heterocycles. The Morgan fingerprint density at radius 1 is 1.11 bits per heavy atom. The van der Waals surface area contributed by atoms with Gasteiger partial charge in [0.25, 0.3) is 0 Å². The first kappa shape index (κ1) is 16.0. The predicted molar refractivity (Wildman–Crippen MR) is 103 cm³/mol. The van der Waals surface area contributed by atoms with E-state index in [1.807, 2.05) is 50.5 Å². The predicted octanol–water partition coefficient (Wildman–Crippen LogP) is 4.23. The first-order valence-electron chi connectivity index (χ1n) is 8.85. The molecule has 0 unspecified atom stereocenters. The number of rotatable bonds is 1. The van der Waals surface area contributed by atoms with Crippen LogP contribution in [0.5, 0.6) is 0 Å². The van der Waals surface area contributed by atoms with Crippen molar-refractivity contribution in [2.24, 2.45) is 0 Å². The smallest absolute Gasteiger partial charge is 0.162 e. The van der Waals surface area contributed by atoms with Crippen molar-refractivity contribution in [3.8, 4) is 16.8 Å². The zero-order valence-corrected chi connectivity index (χ0v) is 15.6. The van der Waals surface area contributed by atoms with Crippen LogP contribution >= 0.6 is 0 Å². The molecule has 0 radical (unpaired) electrons. The van der Waals surface area contributed by atoms with Crippen LogP contribution in [0.15, 0.2) is 30.5 Å². The maximum atomic E-state index is 15.3. The van der Waals surface area contributed by atoms with Crippen molar-refractivity contribution in [1.29, 1.82) is 0 Å². The maximum absolute atomic E-state index is 15.3. The second kappa shape index (κ2) is 5.16. The maximum Gasteiger partial charge on any atom is 0.162 e. The van der Waals surface area contributed by atoms with Gasteiger partial charge in [0.2, 0.25) is 0 Å². The monoisotopic (exact) mass is 362 g/mol. The van der Waals surface area contributed by atoms with Crippen LogP contribution in [0, 0.1) is 19.7 Å². The lowest BCUT2D eigenvalue weighted by molar-refractivity contribution is 0.521. The van der Waals surface area contributed by atoms with Crippen LogP contribution in [0.2, 0.25) is 0 Å². The Balaban J connectivity index is 1.87. The fourth-order valence-corrected chi connectivity index (χ4v) is 4.02. The van der Waals surface area contributed by atoms with E-state index in [0.717, 1.165) is 44.9 Å². The Morgan fingerprint density at radius 2 is 1.93 bits per heavy atom. The number of aryl methyl sites for hydroxylation is 1. The minimum absolute atomic E-state index is 0.294. The van der Waals surface area contributed by atoms with Gasteiger partial charge < -0.3 is 5.32 Å². The van der Waals surface area contributed by atoms with Gasteiger partial charge in [-0.15, -0.1) is 10.2 Å². The molecule has 0 bridgehead atoms. The summed E-state index contributed by atoms with van der Waals surface area (Å²) >= 11 is 0. The van der Waals surface area contributed by atoms with Crippen LogP contribution in [-0.4, -0.2) is 25.0 Å². The zero-order chi connectivity index (χ0) is 18.9. The molecular formula is C20H19FN6. The van der Waals surface area contributed by atoms with Crippen LogP contribution < -0.4 is 5.32 Å². The Bertz CT molecular complexity index is 1220. The number of anilines is 1. The van der Waals surface area contributed by atoms with Gasteiger partial charge in [-0.25, -0.2) is 4.39 Å².